The highest BCUT2D eigenvalue weighted by atomic mass is 79.9. The van der Waals surface area contributed by atoms with Gasteiger partial charge in [-0.3, -0.25) is 9.78 Å². The number of rotatable bonds is 5. The number of benzene rings is 2. The van der Waals surface area contributed by atoms with E-state index in [1.807, 2.05) is 61.5 Å². The van der Waals surface area contributed by atoms with E-state index in [1.54, 1.807) is 12.4 Å². The molecule has 0 unspecified atom stereocenters. The second-order valence-electron chi connectivity index (χ2n) is 6.56. The number of pyridine rings is 1. The molecule has 2 aromatic carbocycles. The molecule has 0 radical (unpaired) electrons. The third-order valence-corrected chi connectivity index (χ3v) is 5.21. The van der Waals surface area contributed by atoms with Crippen LogP contribution in [0.25, 0.3) is 10.9 Å². The number of nitrogens with zero attached hydrogens (tertiary/aromatic N) is 1. The molecule has 4 rings (SSSR count). The molecule has 6 heteroatoms. The Hall–Kier alpha value is -3.12. The number of hydrogen-bond acceptors (Lipinski definition) is 3. The number of aromatic amines is 1. The Kier molecular flexibility index (Phi) is 5.12. The van der Waals surface area contributed by atoms with Crippen LogP contribution in [0, 0.1) is 6.92 Å². The lowest BCUT2D eigenvalue weighted by Gasteiger charge is -2.11. The number of aryl methyl sites for hydroxylation is 1. The molecule has 2 heterocycles. The summed E-state index contributed by atoms with van der Waals surface area (Å²) in [4.78, 5) is 20.0. The van der Waals surface area contributed by atoms with Gasteiger partial charge in [-0.05, 0) is 64.8 Å². The number of H-pyrrole nitrogens is 1. The Morgan fingerprint density at radius 2 is 1.96 bits per heavy atom. The fraction of sp³-hybridized carbons (Fsp3) is 0.0909. The smallest absolute Gasteiger partial charge is 0.228 e. The first-order chi connectivity index (χ1) is 13.6. The molecule has 3 N–H and O–H groups in total. The van der Waals surface area contributed by atoms with Crippen LogP contribution in [0.15, 0.2) is 71.5 Å². The van der Waals surface area contributed by atoms with E-state index in [2.05, 4.69) is 36.5 Å². The fourth-order valence-electron chi connectivity index (χ4n) is 3.21. The maximum Gasteiger partial charge on any atom is 0.228 e. The van der Waals surface area contributed by atoms with Crippen LogP contribution < -0.4 is 10.6 Å². The zero-order valence-electron chi connectivity index (χ0n) is 15.3. The third kappa shape index (κ3) is 3.92. The molecule has 4 aromatic rings. The van der Waals surface area contributed by atoms with Gasteiger partial charge in [-0.2, -0.15) is 0 Å². The van der Waals surface area contributed by atoms with Crippen molar-refractivity contribution in [2.45, 2.75) is 13.3 Å². The Labute approximate surface area is 171 Å². The van der Waals surface area contributed by atoms with Crippen molar-refractivity contribution in [3.8, 4) is 0 Å². The molecule has 2 aromatic heterocycles. The Morgan fingerprint density at radius 3 is 2.75 bits per heavy atom. The standard InChI is InChI=1S/C22H19BrN4O/c1-14-18(17-6-2-3-7-20(17)25-14)12-22(28)27-15-8-9-21(19(23)11-15)26-16-5-4-10-24-13-16/h2-11,13,25-26H,12H2,1H3,(H,27,28). The number of halogens is 1. The summed E-state index contributed by atoms with van der Waals surface area (Å²) in [5.41, 5.74) is 5.64. The van der Waals surface area contributed by atoms with Crippen LogP contribution in [-0.4, -0.2) is 15.9 Å². The summed E-state index contributed by atoms with van der Waals surface area (Å²) in [6.45, 7) is 2.00. The van der Waals surface area contributed by atoms with Crippen LogP contribution in [0.3, 0.4) is 0 Å². The number of fused-ring (bicyclic) bond motifs is 1. The third-order valence-electron chi connectivity index (χ3n) is 4.56. The SMILES string of the molecule is Cc1[nH]c2ccccc2c1CC(=O)Nc1ccc(Nc2cccnc2)c(Br)c1. The van der Waals surface area contributed by atoms with Crippen molar-refractivity contribution in [3.05, 3.63) is 82.7 Å². The minimum atomic E-state index is -0.0484. The van der Waals surface area contributed by atoms with Crippen LogP contribution in [-0.2, 0) is 11.2 Å². The van der Waals surface area contributed by atoms with Crippen molar-refractivity contribution in [2.24, 2.45) is 0 Å². The second kappa shape index (κ2) is 7.86. The maximum atomic E-state index is 12.6. The average Bonchev–Trinajstić information content (AvgIpc) is 3.00. The highest BCUT2D eigenvalue weighted by molar-refractivity contribution is 9.10. The van der Waals surface area contributed by atoms with Crippen LogP contribution in [0.5, 0.6) is 0 Å². The van der Waals surface area contributed by atoms with E-state index in [9.17, 15) is 4.79 Å². The monoisotopic (exact) mass is 434 g/mol. The van der Waals surface area contributed by atoms with Gasteiger partial charge >= 0.3 is 0 Å². The van der Waals surface area contributed by atoms with Crippen molar-refractivity contribution in [2.75, 3.05) is 10.6 Å². The molecule has 140 valence electrons. The quantitative estimate of drug-likeness (QED) is 0.385. The maximum absolute atomic E-state index is 12.6. The predicted octanol–water partition coefficient (Wildman–Crippen LogP) is 5.56. The highest BCUT2D eigenvalue weighted by Gasteiger charge is 2.13. The van der Waals surface area contributed by atoms with E-state index in [1.165, 1.54) is 0 Å². The number of hydrogen-bond donors (Lipinski definition) is 3. The van der Waals surface area contributed by atoms with Gasteiger partial charge in [0.25, 0.3) is 0 Å². The molecule has 28 heavy (non-hydrogen) atoms. The number of para-hydroxylation sites is 1. The van der Waals surface area contributed by atoms with Crippen molar-refractivity contribution < 1.29 is 4.79 Å². The molecule has 1 amide bonds. The average molecular weight is 435 g/mol. The molecule has 5 nitrogen and oxygen atoms in total. The van der Waals surface area contributed by atoms with Gasteiger partial charge in [-0.1, -0.05) is 18.2 Å². The van der Waals surface area contributed by atoms with E-state index in [-0.39, 0.29) is 5.91 Å². The van der Waals surface area contributed by atoms with Crippen LogP contribution in [0.1, 0.15) is 11.3 Å². The Bertz CT molecular complexity index is 1140. The predicted molar refractivity (Wildman–Crippen MR) is 117 cm³/mol. The van der Waals surface area contributed by atoms with Gasteiger partial charge in [0.05, 0.1) is 24.0 Å². The van der Waals surface area contributed by atoms with Gasteiger partial charge < -0.3 is 15.6 Å². The van der Waals surface area contributed by atoms with Crippen LogP contribution >= 0.6 is 15.9 Å². The first-order valence-electron chi connectivity index (χ1n) is 8.93. The van der Waals surface area contributed by atoms with Crippen LogP contribution in [0.2, 0.25) is 0 Å². The lowest BCUT2D eigenvalue weighted by molar-refractivity contribution is -0.115. The van der Waals surface area contributed by atoms with Gasteiger partial charge in [0.15, 0.2) is 0 Å². The number of nitrogens with one attached hydrogen (secondary N) is 3. The summed E-state index contributed by atoms with van der Waals surface area (Å²) in [5, 5.41) is 7.36. The lowest BCUT2D eigenvalue weighted by atomic mass is 10.1. The minimum absolute atomic E-state index is 0.0484. The molecule has 0 aliphatic heterocycles. The minimum Gasteiger partial charge on any atom is -0.358 e. The van der Waals surface area contributed by atoms with E-state index >= 15 is 0 Å². The molecule has 0 fully saturated rings. The number of aromatic nitrogens is 2. The number of anilines is 3. The van der Waals surface area contributed by atoms with E-state index in [0.717, 1.165) is 43.7 Å². The van der Waals surface area contributed by atoms with Gasteiger partial charge in [0.1, 0.15) is 0 Å². The molecule has 0 atom stereocenters. The van der Waals surface area contributed by atoms with Crippen LogP contribution in [0.4, 0.5) is 17.1 Å². The summed E-state index contributed by atoms with van der Waals surface area (Å²) in [6, 6.07) is 17.5. The Morgan fingerprint density at radius 1 is 1.11 bits per heavy atom. The van der Waals surface area contributed by atoms with Gasteiger partial charge in [0.2, 0.25) is 5.91 Å². The van der Waals surface area contributed by atoms with Gasteiger partial charge in [0, 0.05) is 33.0 Å². The molecular formula is C22H19BrN4O. The second-order valence-corrected chi connectivity index (χ2v) is 7.41. The first kappa shape index (κ1) is 18.3. The highest BCUT2D eigenvalue weighted by Crippen LogP contribution is 2.29. The van der Waals surface area contributed by atoms with E-state index in [0.29, 0.717) is 6.42 Å². The summed E-state index contributed by atoms with van der Waals surface area (Å²) in [7, 11) is 0. The van der Waals surface area contributed by atoms with E-state index < -0.39 is 0 Å². The molecule has 0 saturated heterocycles. The number of carbonyl (C=O) groups is 1. The summed E-state index contributed by atoms with van der Waals surface area (Å²) < 4.78 is 0.859. The largest absolute Gasteiger partial charge is 0.358 e. The summed E-state index contributed by atoms with van der Waals surface area (Å²) >= 11 is 3.56. The van der Waals surface area contributed by atoms with Crippen molar-refractivity contribution in [1.29, 1.82) is 0 Å². The zero-order chi connectivity index (χ0) is 19.5. The molecule has 0 aliphatic carbocycles. The zero-order valence-corrected chi connectivity index (χ0v) is 16.9. The molecular weight excluding hydrogens is 416 g/mol. The molecule has 0 bridgehead atoms. The topological polar surface area (TPSA) is 69.8 Å². The molecule has 0 saturated carbocycles. The van der Waals surface area contributed by atoms with Crippen molar-refractivity contribution in [1.82, 2.24) is 9.97 Å². The molecule has 0 spiro atoms. The number of amides is 1. The summed E-state index contributed by atoms with van der Waals surface area (Å²) in [5.74, 6) is -0.0484. The number of carbonyl (C=O) groups excluding carboxylic acids is 1. The normalized spacial score (nSPS) is 10.8. The van der Waals surface area contributed by atoms with Gasteiger partial charge in [-0.25, -0.2) is 0 Å². The fourth-order valence-corrected chi connectivity index (χ4v) is 3.69. The van der Waals surface area contributed by atoms with Gasteiger partial charge in [-0.15, -0.1) is 0 Å². The first-order valence-corrected chi connectivity index (χ1v) is 9.72. The Balaban J connectivity index is 1.47. The molecule has 0 aliphatic rings. The summed E-state index contributed by atoms with van der Waals surface area (Å²) in [6.07, 6.45) is 3.81. The van der Waals surface area contributed by atoms with Crippen molar-refractivity contribution >= 4 is 49.8 Å². The lowest BCUT2D eigenvalue weighted by Crippen LogP contribution is -2.14. The van der Waals surface area contributed by atoms with E-state index in [4.69, 9.17) is 0 Å². The van der Waals surface area contributed by atoms with Crippen molar-refractivity contribution in [3.63, 3.8) is 0 Å².